The van der Waals surface area contributed by atoms with E-state index in [0.717, 1.165) is 0 Å². The molecule has 0 fully saturated rings. The fourth-order valence-electron chi connectivity index (χ4n) is 1.66. The Morgan fingerprint density at radius 3 is 2.88 bits per heavy atom. The highest BCUT2D eigenvalue weighted by molar-refractivity contribution is 9.10. The Balaban J connectivity index is 2.58. The molecular formula is C10H5BrClFN4. The number of nitrogens with zero attached hydrogens (tertiary/aromatic N) is 4. The first-order valence-corrected chi connectivity index (χ1v) is 5.91. The second kappa shape index (κ2) is 3.61. The zero-order valence-electron chi connectivity index (χ0n) is 8.58. The molecule has 0 unspecified atom stereocenters. The van der Waals surface area contributed by atoms with Crippen LogP contribution in [0.5, 0.6) is 0 Å². The van der Waals surface area contributed by atoms with E-state index in [1.807, 2.05) is 0 Å². The van der Waals surface area contributed by atoms with Crippen LogP contribution in [0.25, 0.3) is 16.7 Å². The minimum atomic E-state index is -0.391. The van der Waals surface area contributed by atoms with Crippen molar-refractivity contribution in [2.45, 2.75) is 6.92 Å². The third-order valence-electron chi connectivity index (χ3n) is 2.36. The summed E-state index contributed by atoms with van der Waals surface area (Å²) in [6, 6.07) is 2.91. The lowest BCUT2D eigenvalue weighted by Gasteiger charge is -2.03. The van der Waals surface area contributed by atoms with Gasteiger partial charge in [-0.15, -0.1) is 0 Å². The van der Waals surface area contributed by atoms with E-state index in [0.29, 0.717) is 27.0 Å². The van der Waals surface area contributed by atoms with Crippen LogP contribution >= 0.6 is 27.5 Å². The minimum absolute atomic E-state index is 0.208. The van der Waals surface area contributed by atoms with Crippen molar-refractivity contribution in [1.82, 2.24) is 19.6 Å². The fraction of sp³-hybridized carbons (Fsp3) is 0.100. The van der Waals surface area contributed by atoms with Gasteiger partial charge in [0.25, 0.3) is 0 Å². The first-order valence-electron chi connectivity index (χ1n) is 4.74. The Hall–Kier alpha value is -1.27. The predicted octanol–water partition coefficient (Wildman–Crippen LogP) is 3.14. The Labute approximate surface area is 109 Å². The quantitative estimate of drug-likeness (QED) is 0.640. The standard InChI is InChI=1S/C10H5BrClFN4/c1-4-14-10-9(12)15-7-3-6(13)5(11)2-8(7)17(10)16-4/h2-3H,1H3. The van der Waals surface area contributed by atoms with Crippen molar-refractivity contribution < 1.29 is 4.39 Å². The van der Waals surface area contributed by atoms with Crippen LogP contribution in [0.3, 0.4) is 0 Å². The summed E-state index contributed by atoms with van der Waals surface area (Å²) < 4.78 is 15.3. The smallest absolute Gasteiger partial charge is 0.193 e. The molecule has 7 heteroatoms. The van der Waals surface area contributed by atoms with Crippen molar-refractivity contribution in [2.24, 2.45) is 0 Å². The van der Waals surface area contributed by atoms with E-state index in [4.69, 9.17) is 11.6 Å². The third-order valence-corrected chi connectivity index (χ3v) is 3.22. The predicted molar refractivity (Wildman–Crippen MR) is 65.7 cm³/mol. The van der Waals surface area contributed by atoms with Crippen LogP contribution in [0.1, 0.15) is 5.82 Å². The summed E-state index contributed by atoms with van der Waals surface area (Å²) in [5, 5.41) is 4.42. The molecule has 4 nitrogen and oxygen atoms in total. The van der Waals surface area contributed by atoms with Crippen LogP contribution in [0, 0.1) is 12.7 Å². The summed E-state index contributed by atoms with van der Waals surface area (Å²) >= 11 is 9.10. The summed E-state index contributed by atoms with van der Waals surface area (Å²) in [5.74, 6) is 0.193. The van der Waals surface area contributed by atoms with Gasteiger partial charge in [-0.3, -0.25) is 0 Å². The molecule has 0 aliphatic carbocycles. The summed E-state index contributed by atoms with van der Waals surface area (Å²) in [6.45, 7) is 1.76. The highest BCUT2D eigenvalue weighted by Crippen LogP contribution is 2.25. The van der Waals surface area contributed by atoms with Crippen LogP contribution in [-0.2, 0) is 0 Å². The lowest BCUT2D eigenvalue weighted by atomic mass is 10.3. The molecule has 1 aromatic carbocycles. The number of aryl methyl sites for hydroxylation is 1. The second-order valence-corrected chi connectivity index (χ2v) is 4.76. The van der Waals surface area contributed by atoms with Gasteiger partial charge in [0.15, 0.2) is 10.8 Å². The summed E-state index contributed by atoms with van der Waals surface area (Å²) in [5.41, 5.74) is 1.56. The molecule has 0 bridgehead atoms. The summed E-state index contributed by atoms with van der Waals surface area (Å²) in [4.78, 5) is 8.26. The van der Waals surface area contributed by atoms with Gasteiger partial charge >= 0.3 is 0 Å². The van der Waals surface area contributed by atoms with Crippen LogP contribution < -0.4 is 0 Å². The van der Waals surface area contributed by atoms with Crippen LogP contribution in [-0.4, -0.2) is 19.6 Å². The first-order chi connectivity index (χ1) is 8.06. The van der Waals surface area contributed by atoms with E-state index in [1.54, 1.807) is 17.5 Å². The van der Waals surface area contributed by atoms with Crippen molar-refractivity contribution >= 4 is 44.2 Å². The van der Waals surface area contributed by atoms with E-state index in [9.17, 15) is 4.39 Å². The summed E-state index contributed by atoms with van der Waals surface area (Å²) in [7, 11) is 0. The molecule has 0 saturated heterocycles. The van der Waals surface area contributed by atoms with Gasteiger partial charge in [0.1, 0.15) is 11.6 Å². The number of rotatable bonds is 0. The van der Waals surface area contributed by atoms with E-state index >= 15 is 0 Å². The maximum absolute atomic E-state index is 13.4. The molecule has 3 aromatic rings. The van der Waals surface area contributed by atoms with Crippen LogP contribution in [0.2, 0.25) is 5.15 Å². The maximum Gasteiger partial charge on any atom is 0.193 e. The topological polar surface area (TPSA) is 43.1 Å². The maximum atomic E-state index is 13.4. The second-order valence-electron chi connectivity index (χ2n) is 3.55. The lowest BCUT2D eigenvalue weighted by Crippen LogP contribution is -1.96. The van der Waals surface area contributed by atoms with Crippen molar-refractivity contribution in [3.05, 3.63) is 33.4 Å². The van der Waals surface area contributed by atoms with Gasteiger partial charge in [-0.25, -0.2) is 18.9 Å². The molecule has 0 spiro atoms. The Morgan fingerprint density at radius 1 is 1.35 bits per heavy atom. The number of halogens is 3. The van der Waals surface area contributed by atoms with Crippen molar-refractivity contribution in [2.75, 3.05) is 0 Å². The third kappa shape index (κ3) is 1.59. The normalized spacial score (nSPS) is 11.5. The number of fused-ring (bicyclic) bond motifs is 3. The SMILES string of the molecule is Cc1nc2c(Cl)nc3cc(F)c(Br)cc3n2n1. The molecular weight excluding hydrogens is 310 g/mol. The van der Waals surface area contributed by atoms with E-state index < -0.39 is 5.82 Å². The molecule has 0 N–H and O–H groups in total. The Kier molecular flexibility index (Phi) is 2.31. The molecule has 17 heavy (non-hydrogen) atoms. The zero-order valence-corrected chi connectivity index (χ0v) is 10.9. The lowest BCUT2D eigenvalue weighted by molar-refractivity contribution is 0.622. The molecule has 86 valence electrons. The Morgan fingerprint density at radius 2 is 2.12 bits per heavy atom. The largest absolute Gasteiger partial charge is 0.230 e. The van der Waals surface area contributed by atoms with Crippen molar-refractivity contribution in [3.8, 4) is 0 Å². The molecule has 0 atom stereocenters. The van der Waals surface area contributed by atoms with Gasteiger partial charge in [-0.1, -0.05) is 11.6 Å². The molecule has 0 aliphatic rings. The number of benzene rings is 1. The number of hydrogen-bond donors (Lipinski definition) is 0. The van der Waals surface area contributed by atoms with Crippen molar-refractivity contribution in [3.63, 3.8) is 0 Å². The molecule has 2 aromatic heterocycles. The van der Waals surface area contributed by atoms with Gasteiger partial charge in [0.05, 0.1) is 15.5 Å². The van der Waals surface area contributed by atoms with Crippen LogP contribution in [0.4, 0.5) is 4.39 Å². The molecule has 0 radical (unpaired) electrons. The Bertz CT molecular complexity index is 755. The molecule has 2 heterocycles. The molecule has 0 saturated carbocycles. The van der Waals surface area contributed by atoms with Crippen LogP contribution in [0.15, 0.2) is 16.6 Å². The molecule has 0 aliphatic heterocycles. The average Bonchev–Trinajstić information content (AvgIpc) is 2.64. The zero-order chi connectivity index (χ0) is 12.2. The average molecular weight is 316 g/mol. The van der Waals surface area contributed by atoms with Gasteiger partial charge in [0.2, 0.25) is 0 Å². The van der Waals surface area contributed by atoms with Crippen molar-refractivity contribution in [1.29, 1.82) is 0 Å². The monoisotopic (exact) mass is 314 g/mol. The summed E-state index contributed by atoms with van der Waals surface area (Å²) in [6.07, 6.45) is 0. The molecule has 0 amide bonds. The first kappa shape index (κ1) is 10.9. The van der Waals surface area contributed by atoms with E-state index in [-0.39, 0.29) is 5.15 Å². The molecule has 3 rings (SSSR count). The fourth-order valence-corrected chi connectivity index (χ4v) is 2.20. The number of aromatic nitrogens is 4. The number of hydrogen-bond acceptors (Lipinski definition) is 3. The van der Waals surface area contributed by atoms with E-state index in [2.05, 4.69) is 31.0 Å². The van der Waals surface area contributed by atoms with Gasteiger partial charge in [0, 0.05) is 6.07 Å². The highest BCUT2D eigenvalue weighted by Gasteiger charge is 2.12. The van der Waals surface area contributed by atoms with E-state index in [1.165, 1.54) is 6.07 Å². The minimum Gasteiger partial charge on any atom is -0.230 e. The van der Waals surface area contributed by atoms with Gasteiger partial charge in [-0.05, 0) is 28.9 Å². The van der Waals surface area contributed by atoms with Gasteiger partial charge < -0.3 is 0 Å². The van der Waals surface area contributed by atoms with Gasteiger partial charge in [-0.2, -0.15) is 5.10 Å². The highest BCUT2D eigenvalue weighted by atomic mass is 79.9.